The fraction of sp³-hybridized carbons (Fsp3) is 0.385. The molecule has 1 aliphatic rings. The van der Waals surface area contributed by atoms with E-state index in [2.05, 4.69) is 16.0 Å². The molecule has 7 heteroatoms. The molecule has 1 fully saturated rings. The summed E-state index contributed by atoms with van der Waals surface area (Å²) in [4.78, 5) is 24.0. The highest BCUT2D eigenvalue weighted by Gasteiger charge is 2.26. The third kappa shape index (κ3) is 7.47. The lowest BCUT2D eigenvalue weighted by Crippen LogP contribution is -2.13. The van der Waals surface area contributed by atoms with Crippen LogP contribution in [0.4, 0.5) is 5.69 Å². The first kappa shape index (κ1) is 26.1. The molecule has 1 N–H and O–H groups in total. The van der Waals surface area contributed by atoms with Gasteiger partial charge < -0.3 is 10.1 Å². The van der Waals surface area contributed by atoms with Crippen LogP contribution in [0.15, 0.2) is 48.5 Å². The molecule has 2 atom stereocenters. The molecular weight excluding hydrogens is 438 g/mol. The Morgan fingerprint density at radius 1 is 1.12 bits per heavy atom. The van der Waals surface area contributed by atoms with Crippen LogP contribution in [-0.4, -0.2) is 38.9 Å². The van der Waals surface area contributed by atoms with Gasteiger partial charge in [-0.1, -0.05) is 24.6 Å². The van der Waals surface area contributed by atoms with Gasteiger partial charge in [0.15, 0.2) is 0 Å². The summed E-state index contributed by atoms with van der Waals surface area (Å²) in [6, 6.07) is 14.3. The van der Waals surface area contributed by atoms with Gasteiger partial charge in [-0.3, -0.25) is 4.79 Å². The van der Waals surface area contributed by atoms with E-state index in [9.17, 15) is 18.0 Å². The maximum Gasteiger partial charge on any atom is 0.337 e. The van der Waals surface area contributed by atoms with Crippen molar-refractivity contribution in [3.05, 3.63) is 65.2 Å². The van der Waals surface area contributed by atoms with Crippen molar-refractivity contribution in [1.29, 1.82) is 0 Å². The summed E-state index contributed by atoms with van der Waals surface area (Å²) < 4.78 is 25.3. The number of hydrogen-bond donors (Lipinski definition) is 1. The molecule has 1 aliphatic carbocycles. The Balaban J connectivity index is 0.00000113. The lowest BCUT2D eigenvalue weighted by atomic mass is 9.89. The van der Waals surface area contributed by atoms with E-state index in [0.717, 1.165) is 19.3 Å². The lowest BCUT2D eigenvalue weighted by Gasteiger charge is -2.15. The number of methoxy groups -OCH3 is 1. The number of benzene rings is 2. The zero-order valence-corrected chi connectivity index (χ0v) is 20.3. The number of hydrogen-bond acceptors (Lipinski definition) is 5. The normalized spacial score (nSPS) is 17.5. The molecule has 2 aromatic rings. The fourth-order valence-electron chi connectivity index (χ4n) is 3.48. The highest BCUT2D eigenvalue weighted by Crippen LogP contribution is 2.39. The Kier molecular flexibility index (Phi) is 9.24. The molecule has 0 aromatic heterocycles. The maximum atomic E-state index is 12.4. The number of rotatable bonds is 5. The van der Waals surface area contributed by atoms with Gasteiger partial charge in [-0.25, -0.2) is 13.2 Å². The number of nitrogens with one attached hydrogen (secondary N) is 1. The first-order valence-electron chi connectivity index (χ1n) is 10.8. The smallest absolute Gasteiger partial charge is 0.337 e. The van der Waals surface area contributed by atoms with E-state index in [1.807, 2.05) is 24.3 Å². The topological polar surface area (TPSA) is 89.5 Å². The monoisotopic (exact) mass is 473 g/mol. The zero-order valence-electron chi connectivity index (χ0n) is 19.5. The predicted molar refractivity (Wildman–Crippen MR) is 135 cm³/mol. The van der Waals surface area contributed by atoms with Crippen molar-refractivity contribution >= 4 is 27.4 Å². The Bertz CT molecular complexity index is 1130. The minimum absolute atomic E-state index is 0. The number of amides is 1. The van der Waals surface area contributed by atoms with Gasteiger partial charge in [-0.05, 0) is 68.5 Å². The second kappa shape index (κ2) is 11.7. The van der Waals surface area contributed by atoms with Crippen LogP contribution in [0.25, 0.3) is 0 Å². The molecule has 0 spiro atoms. The highest BCUT2D eigenvalue weighted by molar-refractivity contribution is 7.91. The second-order valence-electron chi connectivity index (χ2n) is 8.34. The number of ether oxygens (including phenoxy) is 1. The second-order valence-corrected chi connectivity index (χ2v) is 10.9. The number of sulfone groups is 1. The quantitative estimate of drug-likeness (QED) is 0.478. The van der Waals surface area contributed by atoms with E-state index in [1.165, 1.54) is 25.0 Å². The number of anilines is 1. The van der Waals surface area contributed by atoms with Gasteiger partial charge in [0.05, 0.1) is 17.9 Å². The zero-order chi connectivity index (χ0) is 24.6. The van der Waals surface area contributed by atoms with Crippen LogP contribution >= 0.6 is 0 Å². The minimum atomic E-state index is -2.74. The van der Waals surface area contributed by atoms with Gasteiger partial charge in [0.1, 0.15) is 9.84 Å². The standard InChI is InChI=1S/C22H21NO3.C4H10O2S.2H2/c1-3-15-6-5-9-20(15)16-10-12-19(13-11-16)23-21(24)17-7-4-8-18(14-17)22(25)26-2;1-4(2)7(3,5)6;;/h1,4,7-8,10-15,20H,5-6,9H2,2H3,(H,23,24);4H,1-3H3;2*1H/t15-,20+;;;/m1.../s1. The molecule has 1 saturated carbocycles. The van der Waals surface area contributed by atoms with E-state index in [-0.39, 0.29) is 14.0 Å². The van der Waals surface area contributed by atoms with Crippen molar-refractivity contribution < 1.29 is 25.6 Å². The Hall–Kier alpha value is -3.11. The van der Waals surface area contributed by atoms with E-state index in [1.54, 1.807) is 32.0 Å². The minimum Gasteiger partial charge on any atom is -0.465 e. The molecule has 0 heterocycles. The summed E-state index contributed by atoms with van der Waals surface area (Å²) in [7, 11) is -1.43. The van der Waals surface area contributed by atoms with Gasteiger partial charge >= 0.3 is 5.97 Å². The van der Waals surface area contributed by atoms with Gasteiger partial charge in [0.25, 0.3) is 5.91 Å². The number of esters is 1. The van der Waals surface area contributed by atoms with Gasteiger partial charge in [0, 0.05) is 26.3 Å². The summed E-state index contributed by atoms with van der Waals surface area (Å²) in [5, 5.41) is 2.62. The van der Waals surface area contributed by atoms with E-state index in [4.69, 9.17) is 6.42 Å². The average Bonchev–Trinajstić information content (AvgIpc) is 3.28. The van der Waals surface area contributed by atoms with Crippen molar-refractivity contribution in [2.75, 3.05) is 18.7 Å². The average molecular weight is 474 g/mol. The van der Waals surface area contributed by atoms with Crippen molar-refractivity contribution in [1.82, 2.24) is 0 Å². The molecule has 0 bridgehead atoms. The van der Waals surface area contributed by atoms with Crippen molar-refractivity contribution in [3.8, 4) is 12.3 Å². The third-order valence-corrected chi connectivity index (χ3v) is 7.44. The molecule has 33 heavy (non-hydrogen) atoms. The molecule has 0 radical (unpaired) electrons. The van der Waals surface area contributed by atoms with Crippen LogP contribution in [0, 0.1) is 18.3 Å². The van der Waals surface area contributed by atoms with Gasteiger partial charge in [-0.2, -0.15) is 0 Å². The van der Waals surface area contributed by atoms with Crippen molar-refractivity contribution in [2.45, 2.75) is 44.3 Å². The molecule has 180 valence electrons. The van der Waals surface area contributed by atoms with E-state index in [0.29, 0.717) is 28.7 Å². The summed E-state index contributed by atoms with van der Waals surface area (Å²) in [5.74, 6) is 2.86. The number of carbonyl (C=O) groups is 2. The lowest BCUT2D eigenvalue weighted by molar-refractivity contribution is 0.0600. The molecule has 6 nitrogen and oxygen atoms in total. The number of carbonyl (C=O) groups excluding carboxylic acids is 2. The van der Waals surface area contributed by atoms with Crippen LogP contribution in [0.5, 0.6) is 0 Å². The Morgan fingerprint density at radius 3 is 2.27 bits per heavy atom. The van der Waals surface area contributed by atoms with Crippen LogP contribution in [0.1, 0.15) is 68.2 Å². The van der Waals surface area contributed by atoms with Crippen LogP contribution in [-0.2, 0) is 14.6 Å². The molecular formula is C26H35NO5S. The third-order valence-electron chi connectivity index (χ3n) is 5.73. The van der Waals surface area contributed by atoms with Crippen LogP contribution in [0.3, 0.4) is 0 Å². The van der Waals surface area contributed by atoms with Gasteiger partial charge in [0.2, 0.25) is 0 Å². The number of terminal acetylenes is 1. The first-order valence-corrected chi connectivity index (χ1v) is 12.8. The SMILES string of the molecule is C#C[C@@H]1CCC[C@@H]1c1ccc(NC(=O)c2cccc(C(=O)OC)c2)cc1.CC(C)S(C)(=O)=O.[HH].[HH]. The Morgan fingerprint density at radius 2 is 1.73 bits per heavy atom. The first-order chi connectivity index (χ1) is 15.6. The fourth-order valence-corrected chi connectivity index (χ4v) is 3.48. The van der Waals surface area contributed by atoms with Crippen LogP contribution in [0.2, 0.25) is 0 Å². The van der Waals surface area contributed by atoms with Crippen LogP contribution < -0.4 is 5.32 Å². The molecule has 0 saturated heterocycles. The predicted octanol–water partition coefficient (Wildman–Crippen LogP) is 5.17. The molecule has 0 unspecified atom stereocenters. The van der Waals surface area contributed by atoms with Gasteiger partial charge in [-0.15, -0.1) is 12.3 Å². The van der Waals surface area contributed by atoms with Crippen molar-refractivity contribution in [3.63, 3.8) is 0 Å². The molecule has 1 amide bonds. The van der Waals surface area contributed by atoms with E-state index >= 15 is 0 Å². The molecule has 3 rings (SSSR count). The Labute approximate surface area is 199 Å². The maximum absolute atomic E-state index is 12.4. The highest BCUT2D eigenvalue weighted by atomic mass is 32.2. The summed E-state index contributed by atoms with van der Waals surface area (Å²) in [5.41, 5.74) is 2.67. The molecule has 0 aliphatic heterocycles. The molecule has 2 aromatic carbocycles. The van der Waals surface area contributed by atoms with Crippen molar-refractivity contribution in [2.24, 2.45) is 5.92 Å². The van der Waals surface area contributed by atoms with E-state index < -0.39 is 15.8 Å². The largest absolute Gasteiger partial charge is 0.465 e. The summed E-state index contributed by atoms with van der Waals surface area (Å²) >= 11 is 0. The summed E-state index contributed by atoms with van der Waals surface area (Å²) in [6.07, 6.45) is 10.2. The summed E-state index contributed by atoms with van der Waals surface area (Å²) in [6.45, 7) is 3.32.